The maximum Gasteiger partial charge on any atom is 0.161 e. The first-order chi connectivity index (χ1) is 12.5. The number of aliphatic imine (C=N–C) groups is 1. The number of rotatable bonds is 8. The summed E-state index contributed by atoms with van der Waals surface area (Å²) in [5.41, 5.74) is 2.48. The Labute approximate surface area is 154 Å². The molecule has 1 atom stereocenters. The molecule has 0 amide bonds. The van der Waals surface area contributed by atoms with Gasteiger partial charge in [-0.25, -0.2) is 0 Å². The lowest BCUT2D eigenvalue weighted by atomic mass is 10.1. The Bertz CT molecular complexity index is 775. The van der Waals surface area contributed by atoms with Crippen LogP contribution < -0.4 is 9.47 Å². The van der Waals surface area contributed by atoms with E-state index in [4.69, 9.17) is 9.47 Å². The first-order valence-electron chi connectivity index (χ1n) is 8.72. The van der Waals surface area contributed by atoms with Crippen LogP contribution in [0.4, 0.5) is 0 Å². The second kappa shape index (κ2) is 9.20. The zero-order valence-corrected chi connectivity index (χ0v) is 15.7. The lowest BCUT2D eigenvalue weighted by molar-refractivity contribution is 0.280. The normalized spacial score (nSPS) is 12.3. The molecule has 2 N–H and O–H groups in total. The third-order valence-corrected chi connectivity index (χ3v) is 4.01. The number of aromatic hydroxyl groups is 1. The molecule has 26 heavy (non-hydrogen) atoms. The minimum absolute atomic E-state index is 0.0363. The first-order valence-corrected chi connectivity index (χ1v) is 8.72. The smallest absolute Gasteiger partial charge is 0.161 e. The number of pyridine rings is 1. The van der Waals surface area contributed by atoms with E-state index in [1.54, 1.807) is 19.3 Å². The number of hydrogen-bond acceptors (Lipinski definition) is 6. The standard InChI is InChI=1S/C20H26N2O4/c1-5-25-18-8-7-15(9-19(18)26-6-2)13(3)22-11-17-16(12-23)10-21-14(4)20(17)24/h7-11,13,23-24H,5-6,12H2,1-4H3/t13-/m1/s1. The maximum absolute atomic E-state index is 10.2. The van der Waals surface area contributed by atoms with Crippen LogP contribution in [-0.4, -0.2) is 34.6 Å². The molecule has 1 aromatic carbocycles. The molecule has 0 spiro atoms. The maximum atomic E-state index is 10.2. The van der Waals surface area contributed by atoms with Crippen LogP contribution in [0.25, 0.3) is 0 Å². The number of aliphatic hydroxyl groups excluding tert-OH is 1. The highest BCUT2D eigenvalue weighted by Gasteiger charge is 2.12. The molecule has 0 bridgehead atoms. The second-order valence-corrected chi connectivity index (χ2v) is 5.82. The van der Waals surface area contributed by atoms with E-state index < -0.39 is 0 Å². The predicted octanol–water partition coefficient (Wildman–Crippen LogP) is 3.57. The van der Waals surface area contributed by atoms with E-state index in [1.165, 1.54) is 0 Å². The fourth-order valence-electron chi connectivity index (χ4n) is 2.52. The summed E-state index contributed by atoms with van der Waals surface area (Å²) in [6, 6.07) is 5.58. The lowest BCUT2D eigenvalue weighted by Gasteiger charge is -2.14. The molecular weight excluding hydrogens is 332 g/mol. The molecule has 2 rings (SSSR count). The third-order valence-electron chi connectivity index (χ3n) is 4.01. The van der Waals surface area contributed by atoms with Crippen molar-refractivity contribution < 1.29 is 19.7 Å². The van der Waals surface area contributed by atoms with Gasteiger partial charge in [-0.15, -0.1) is 0 Å². The molecule has 0 saturated heterocycles. The van der Waals surface area contributed by atoms with Gasteiger partial charge < -0.3 is 19.7 Å². The van der Waals surface area contributed by atoms with Crippen molar-refractivity contribution in [1.29, 1.82) is 0 Å². The number of hydrogen-bond donors (Lipinski definition) is 2. The van der Waals surface area contributed by atoms with Crippen LogP contribution in [0.3, 0.4) is 0 Å². The van der Waals surface area contributed by atoms with Crippen molar-refractivity contribution in [3.8, 4) is 17.2 Å². The molecule has 0 unspecified atom stereocenters. The zero-order chi connectivity index (χ0) is 19.1. The summed E-state index contributed by atoms with van der Waals surface area (Å²) in [5.74, 6) is 1.43. The minimum Gasteiger partial charge on any atom is -0.505 e. The molecule has 1 aromatic heterocycles. The predicted molar refractivity (Wildman–Crippen MR) is 101 cm³/mol. The Morgan fingerprint density at radius 2 is 1.88 bits per heavy atom. The van der Waals surface area contributed by atoms with E-state index in [-0.39, 0.29) is 18.4 Å². The van der Waals surface area contributed by atoms with Crippen molar-refractivity contribution in [2.24, 2.45) is 4.99 Å². The lowest BCUT2D eigenvalue weighted by Crippen LogP contribution is -2.01. The molecule has 1 heterocycles. The second-order valence-electron chi connectivity index (χ2n) is 5.82. The van der Waals surface area contributed by atoms with Gasteiger partial charge in [-0.1, -0.05) is 6.07 Å². The van der Waals surface area contributed by atoms with E-state index in [0.717, 1.165) is 5.56 Å². The van der Waals surface area contributed by atoms with Crippen molar-refractivity contribution in [2.75, 3.05) is 13.2 Å². The Morgan fingerprint density at radius 3 is 2.54 bits per heavy atom. The SMILES string of the molecule is CCOc1ccc([C@@H](C)N=Cc2c(CO)cnc(C)c2O)cc1OCC. The van der Waals surface area contributed by atoms with Gasteiger partial charge in [-0.2, -0.15) is 0 Å². The molecule has 0 aliphatic rings. The quantitative estimate of drug-likeness (QED) is 0.705. The average Bonchev–Trinajstić information content (AvgIpc) is 2.64. The van der Waals surface area contributed by atoms with Gasteiger partial charge in [-0.05, 0) is 45.4 Å². The molecule has 0 aliphatic carbocycles. The monoisotopic (exact) mass is 358 g/mol. The number of aromatic nitrogens is 1. The summed E-state index contributed by atoms with van der Waals surface area (Å²) in [4.78, 5) is 8.58. The number of ether oxygens (including phenoxy) is 2. The van der Waals surface area contributed by atoms with Crippen LogP contribution in [0.5, 0.6) is 17.2 Å². The van der Waals surface area contributed by atoms with Crippen molar-refractivity contribution in [2.45, 2.75) is 40.3 Å². The van der Waals surface area contributed by atoms with Gasteiger partial charge >= 0.3 is 0 Å². The van der Waals surface area contributed by atoms with Crippen LogP contribution in [0, 0.1) is 6.92 Å². The summed E-state index contributed by atoms with van der Waals surface area (Å²) >= 11 is 0. The highest BCUT2D eigenvalue weighted by molar-refractivity contribution is 5.85. The Morgan fingerprint density at radius 1 is 1.19 bits per heavy atom. The van der Waals surface area contributed by atoms with Gasteiger partial charge in [0.15, 0.2) is 11.5 Å². The van der Waals surface area contributed by atoms with E-state index in [0.29, 0.717) is 41.5 Å². The Balaban J connectivity index is 2.30. The molecule has 2 aromatic rings. The van der Waals surface area contributed by atoms with Crippen molar-refractivity contribution in [3.63, 3.8) is 0 Å². The van der Waals surface area contributed by atoms with E-state index in [9.17, 15) is 10.2 Å². The van der Waals surface area contributed by atoms with Gasteiger partial charge in [0.1, 0.15) is 5.75 Å². The minimum atomic E-state index is -0.214. The summed E-state index contributed by atoms with van der Waals surface area (Å²) in [6.07, 6.45) is 3.13. The number of aliphatic hydroxyl groups is 1. The Kier molecular flexibility index (Phi) is 6.97. The molecule has 6 heteroatoms. The zero-order valence-electron chi connectivity index (χ0n) is 15.7. The van der Waals surface area contributed by atoms with E-state index in [2.05, 4.69) is 9.98 Å². The van der Waals surface area contributed by atoms with Crippen LogP contribution in [0.1, 0.15) is 49.2 Å². The fourth-order valence-corrected chi connectivity index (χ4v) is 2.52. The number of benzene rings is 1. The molecular formula is C20H26N2O4. The van der Waals surface area contributed by atoms with E-state index in [1.807, 2.05) is 39.0 Å². The third kappa shape index (κ3) is 4.52. The van der Waals surface area contributed by atoms with Crippen LogP contribution >= 0.6 is 0 Å². The van der Waals surface area contributed by atoms with Crippen molar-refractivity contribution in [1.82, 2.24) is 4.98 Å². The molecule has 0 aliphatic heterocycles. The Hall–Kier alpha value is -2.60. The highest BCUT2D eigenvalue weighted by Crippen LogP contribution is 2.32. The largest absolute Gasteiger partial charge is 0.505 e. The highest BCUT2D eigenvalue weighted by atomic mass is 16.5. The van der Waals surface area contributed by atoms with Gasteiger partial charge in [-0.3, -0.25) is 9.98 Å². The average molecular weight is 358 g/mol. The van der Waals surface area contributed by atoms with Gasteiger partial charge in [0, 0.05) is 23.5 Å². The van der Waals surface area contributed by atoms with Crippen molar-refractivity contribution in [3.05, 3.63) is 46.8 Å². The van der Waals surface area contributed by atoms with Crippen LogP contribution in [-0.2, 0) is 6.61 Å². The molecule has 0 radical (unpaired) electrons. The topological polar surface area (TPSA) is 84.2 Å². The van der Waals surface area contributed by atoms with Gasteiger partial charge in [0.2, 0.25) is 0 Å². The van der Waals surface area contributed by atoms with Crippen LogP contribution in [0.2, 0.25) is 0 Å². The fraction of sp³-hybridized carbons (Fsp3) is 0.400. The summed E-state index contributed by atoms with van der Waals surface area (Å²) in [5, 5.41) is 19.7. The molecule has 0 fully saturated rings. The van der Waals surface area contributed by atoms with Crippen LogP contribution in [0.15, 0.2) is 29.4 Å². The number of aryl methyl sites for hydroxylation is 1. The van der Waals surface area contributed by atoms with E-state index >= 15 is 0 Å². The van der Waals surface area contributed by atoms with Gasteiger partial charge in [0.05, 0.1) is 31.6 Å². The molecule has 6 nitrogen and oxygen atoms in total. The summed E-state index contributed by atoms with van der Waals surface area (Å²) < 4.78 is 11.2. The van der Waals surface area contributed by atoms with Gasteiger partial charge in [0.25, 0.3) is 0 Å². The number of nitrogens with zero attached hydrogens (tertiary/aromatic N) is 2. The summed E-state index contributed by atoms with van der Waals surface area (Å²) in [7, 11) is 0. The molecule has 0 saturated carbocycles. The summed E-state index contributed by atoms with van der Waals surface area (Å²) in [6.45, 7) is 8.41. The first kappa shape index (κ1) is 19.7. The van der Waals surface area contributed by atoms with Crippen molar-refractivity contribution >= 4 is 6.21 Å². The molecule has 140 valence electrons.